The number of hydrogen-bond donors (Lipinski definition) is 1. The molecule has 0 radical (unpaired) electrons. The lowest BCUT2D eigenvalue weighted by Crippen LogP contribution is -2.36. The van der Waals surface area contributed by atoms with Crippen LogP contribution in [0, 0.1) is 18.6 Å². The highest BCUT2D eigenvalue weighted by atomic mass is 19.1. The summed E-state index contributed by atoms with van der Waals surface area (Å²) in [5.74, 6) is -1.22. The summed E-state index contributed by atoms with van der Waals surface area (Å²) < 4.78 is 46.8. The van der Waals surface area contributed by atoms with Crippen LogP contribution in [0.3, 0.4) is 0 Å². The molecule has 7 nitrogen and oxygen atoms in total. The third kappa shape index (κ3) is 6.45. The SMILES string of the molecule is COCCN1CCCC(c2ccc(-c3ccc(-c4c(F)cc5[nH]c(Oc6ccc(C)c(C(=O)OC)c6)nc5c4F)cc3)cc2)C1. The van der Waals surface area contributed by atoms with Crippen LogP contribution in [-0.4, -0.2) is 61.3 Å². The number of aryl methyl sites for hydroxylation is 1. The third-order valence-corrected chi connectivity index (χ3v) is 8.48. The molecule has 0 amide bonds. The number of fused-ring (bicyclic) bond motifs is 1. The Bertz CT molecular complexity index is 1820. The van der Waals surface area contributed by atoms with Crippen molar-refractivity contribution in [3.05, 3.63) is 101 Å². The molecule has 9 heteroatoms. The monoisotopic (exact) mass is 611 g/mol. The molecule has 1 aliphatic rings. The Labute approximate surface area is 260 Å². The van der Waals surface area contributed by atoms with E-state index in [1.807, 2.05) is 12.1 Å². The van der Waals surface area contributed by atoms with Crippen molar-refractivity contribution in [3.63, 3.8) is 0 Å². The average molecular weight is 612 g/mol. The Balaban J connectivity index is 1.20. The largest absolute Gasteiger partial charge is 0.465 e. The summed E-state index contributed by atoms with van der Waals surface area (Å²) in [7, 11) is 3.03. The van der Waals surface area contributed by atoms with Gasteiger partial charge in [0.05, 0.1) is 30.4 Å². The molecule has 1 saturated heterocycles. The molecule has 0 spiro atoms. The number of piperidine rings is 1. The zero-order valence-corrected chi connectivity index (χ0v) is 25.5. The van der Waals surface area contributed by atoms with Crippen molar-refractivity contribution in [1.82, 2.24) is 14.9 Å². The minimum atomic E-state index is -0.792. The van der Waals surface area contributed by atoms with Crippen molar-refractivity contribution in [1.29, 1.82) is 0 Å². The summed E-state index contributed by atoms with van der Waals surface area (Å²) in [6.07, 6.45) is 2.35. The lowest BCUT2D eigenvalue weighted by atomic mass is 9.89. The molecule has 0 bridgehead atoms. The summed E-state index contributed by atoms with van der Waals surface area (Å²) >= 11 is 0. The first-order chi connectivity index (χ1) is 21.8. The molecule has 2 heterocycles. The molecule has 4 aromatic carbocycles. The number of aromatic amines is 1. The van der Waals surface area contributed by atoms with Gasteiger partial charge in [0.2, 0.25) is 0 Å². The molecular formula is C36H35F2N3O4. The number of rotatable bonds is 9. The number of hydrogen-bond acceptors (Lipinski definition) is 6. The highest BCUT2D eigenvalue weighted by Gasteiger charge is 2.22. The maximum Gasteiger partial charge on any atom is 0.338 e. The number of halogens is 2. The second kappa shape index (κ2) is 13.2. The highest BCUT2D eigenvalue weighted by Crippen LogP contribution is 2.35. The molecule has 0 aliphatic carbocycles. The quantitative estimate of drug-likeness (QED) is 0.171. The normalized spacial score (nSPS) is 15.4. The molecule has 1 aromatic heterocycles. The topological polar surface area (TPSA) is 76.7 Å². The van der Waals surface area contributed by atoms with Crippen molar-refractivity contribution >= 4 is 17.0 Å². The third-order valence-electron chi connectivity index (χ3n) is 8.48. The Kier molecular flexibility index (Phi) is 8.91. The molecule has 6 rings (SSSR count). The molecule has 5 aromatic rings. The number of esters is 1. The first kappa shape index (κ1) is 30.4. The number of nitrogens with one attached hydrogen (secondary N) is 1. The van der Waals surface area contributed by atoms with E-state index < -0.39 is 17.6 Å². The van der Waals surface area contributed by atoms with Gasteiger partial charge >= 0.3 is 5.97 Å². The molecule has 1 fully saturated rings. The first-order valence-corrected chi connectivity index (χ1v) is 15.0. The molecule has 1 N–H and O–H groups in total. The minimum Gasteiger partial charge on any atom is -0.465 e. The summed E-state index contributed by atoms with van der Waals surface area (Å²) in [6.45, 7) is 5.61. The van der Waals surface area contributed by atoms with E-state index in [-0.39, 0.29) is 22.6 Å². The van der Waals surface area contributed by atoms with Crippen LogP contribution < -0.4 is 4.74 Å². The maximum atomic E-state index is 15.7. The van der Waals surface area contributed by atoms with E-state index >= 15 is 8.78 Å². The van der Waals surface area contributed by atoms with Crippen LogP contribution >= 0.6 is 0 Å². The zero-order valence-electron chi connectivity index (χ0n) is 25.5. The second-order valence-electron chi connectivity index (χ2n) is 11.4. The predicted molar refractivity (Wildman–Crippen MR) is 170 cm³/mol. The lowest BCUT2D eigenvalue weighted by molar-refractivity contribution is 0.0599. The number of likely N-dealkylation sites (tertiary alicyclic amines) is 1. The predicted octanol–water partition coefficient (Wildman–Crippen LogP) is 7.89. The number of carbonyl (C=O) groups excluding carboxylic acids is 1. The summed E-state index contributed by atoms with van der Waals surface area (Å²) in [6, 6.07) is 21.8. The number of imidazole rings is 1. The smallest absolute Gasteiger partial charge is 0.338 e. The maximum absolute atomic E-state index is 15.7. The van der Waals surface area contributed by atoms with E-state index in [4.69, 9.17) is 14.2 Å². The Hall–Kier alpha value is -4.60. The van der Waals surface area contributed by atoms with Crippen molar-refractivity contribution < 1.29 is 27.8 Å². The molecule has 0 saturated carbocycles. The van der Waals surface area contributed by atoms with Crippen LogP contribution in [0.25, 0.3) is 33.3 Å². The van der Waals surface area contributed by atoms with Gasteiger partial charge in [0.25, 0.3) is 6.01 Å². The van der Waals surface area contributed by atoms with Gasteiger partial charge in [-0.05, 0) is 72.2 Å². The van der Waals surface area contributed by atoms with E-state index in [1.54, 1.807) is 38.3 Å². The standard InChI is InChI=1S/C36H35F2N3O4/c1-22-6-15-28(19-29(22)35(42)44-3)45-36-39-31-20-30(37)32(33(38)34(31)40-36)26-13-11-24(12-14-26)23-7-9-25(10-8-23)27-5-4-16-41(21-27)17-18-43-2/h6-15,19-20,27H,4-5,16-18,21H2,1-3H3,(H,39,40). The van der Waals surface area contributed by atoms with Crippen molar-refractivity contribution in [2.24, 2.45) is 0 Å². The molecular weight excluding hydrogens is 576 g/mol. The first-order valence-electron chi connectivity index (χ1n) is 15.0. The van der Waals surface area contributed by atoms with Gasteiger partial charge in [0.1, 0.15) is 17.1 Å². The van der Waals surface area contributed by atoms with Crippen LogP contribution in [0.5, 0.6) is 11.8 Å². The fourth-order valence-corrected chi connectivity index (χ4v) is 6.01. The lowest BCUT2D eigenvalue weighted by Gasteiger charge is -2.32. The van der Waals surface area contributed by atoms with Gasteiger partial charge in [-0.15, -0.1) is 0 Å². The van der Waals surface area contributed by atoms with Crippen LogP contribution in [0.1, 0.15) is 40.2 Å². The average Bonchev–Trinajstić information content (AvgIpc) is 3.47. The number of H-pyrrole nitrogens is 1. The zero-order chi connectivity index (χ0) is 31.5. The van der Waals surface area contributed by atoms with Gasteiger partial charge in [-0.2, -0.15) is 4.98 Å². The molecule has 232 valence electrons. The molecule has 45 heavy (non-hydrogen) atoms. The number of ether oxygens (including phenoxy) is 3. The minimum absolute atomic E-state index is 0.0326. The van der Waals surface area contributed by atoms with E-state index in [2.05, 4.69) is 39.1 Å². The van der Waals surface area contributed by atoms with Gasteiger partial charge in [0.15, 0.2) is 5.82 Å². The summed E-state index contributed by atoms with van der Waals surface area (Å²) in [5.41, 5.74) is 4.70. The molecule has 1 atom stereocenters. The van der Waals surface area contributed by atoms with Crippen LogP contribution in [0.2, 0.25) is 0 Å². The fraction of sp³-hybridized carbons (Fsp3) is 0.278. The Morgan fingerprint density at radius 1 is 0.978 bits per heavy atom. The molecule has 1 unspecified atom stereocenters. The van der Waals surface area contributed by atoms with Gasteiger partial charge in [-0.25, -0.2) is 13.6 Å². The number of nitrogens with zero attached hydrogens (tertiary/aromatic N) is 2. The number of benzene rings is 4. The Morgan fingerprint density at radius 3 is 2.40 bits per heavy atom. The molecule has 1 aliphatic heterocycles. The van der Waals surface area contributed by atoms with Crippen molar-refractivity contribution in [2.75, 3.05) is 40.5 Å². The number of carbonyl (C=O) groups is 1. The summed E-state index contributed by atoms with van der Waals surface area (Å²) in [5, 5.41) is 0. The van der Waals surface area contributed by atoms with E-state index in [1.165, 1.54) is 37.6 Å². The Morgan fingerprint density at radius 2 is 1.69 bits per heavy atom. The van der Waals surface area contributed by atoms with E-state index in [0.29, 0.717) is 28.4 Å². The second-order valence-corrected chi connectivity index (χ2v) is 11.4. The van der Waals surface area contributed by atoms with Gasteiger partial charge in [0, 0.05) is 26.3 Å². The van der Waals surface area contributed by atoms with Gasteiger partial charge in [-0.3, -0.25) is 0 Å². The van der Waals surface area contributed by atoms with E-state index in [9.17, 15) is 4.79 Å². The van der Waals surface area contributed by atoms with Gasteiger partial charge in [-0.1, -0.05) is 54.6 Å². The van der Waals surface area contributed by atoms with Crippen molar-refractivity contribution in [2.45, 2.75) is 25.7 Å². The van der Waals surface area contributed by atoms with Crippen LogP contribution in [0.15, 0.2) is 72.8 Å². The van der Waals surface area contributed by atoms with Crippen LogP contribution in [-0.2, 0) is 9.47 Å². The number of aromatic nitrogens is 2. The highest BCUT2D eigenvalue weighted by molar-refractivity contribution is 5.91. The summed E-state index contributed by atoms with van der Waals surface area (Å²) in [4.78, 5) is 21.6. The van der Waals surface area contributed by atoms with Crippen molar-refractivity contribution in [3.8, 4) is 34.0 Å². The van der Waals surface area contributed by atoms with Crippen LogP contribution in [0.4, 0.5) is 8.78 Å². The van der Waals surface area contributed by atoms with E-state index in [0.717, 1.165) is 37.4 Å². The van der Waals surface area contributed by atoms with Gasteiger partial charge < -0.3 is 24.1 Å². The fourth-order valence-electron chi connectivity index (χ4n) is 6.01. The number of methoxy groups -OCH3 is 2.